The summed E-state index contributed by atoms with van der Waals surface area (Å²) in [5, 5.41) is 3.82. The van der Waals surface area contributed by atoms with Gasteiger partial charge in [-0.25, -0.2) is 0 Å². The van der Waals surface area contributed by atoms with Crippen LogP contribution in [0.2, 0.25) is 5.02 Å². The molecule has 0 bridgehead atoms. The van der Waals surface area contributed by atoms with Crippen LogP contribution >= 0.6 is 11.6 Å². The van der Waals surface area contributed by atoms with Crippen molar-refractivity contribution in [1.82, 2.24) is 5.32 Å². The molecular formula is C24H25ClN2O2. The summed E-state index contributed by atoms with van der Waals surface area (Å²) in [6.07, 6.45) is 9.46. The predicted octanol–water partition coefficient (Wildman–Crippen LogP) is 4.98. The first kappa shape index (κ1) is 19.7. The molecule has 0 aromatic heterocycles. The van der Waals surface area contributed by atoms with E-state index in [0.29, 0.717) is 10.7 Å². The van der Waals surface area contributed by atoms with Crippen molar-refractivity contribution >= 4 is 35.2 Å². The summed E-state index contributed by atoms with van der Waals surface area (Å²) in [6, 6.07) is 17.1. The lowest BCUT2D eigenvalue weighted by atomic mass is 9.80. The van der Waals surface area contributed by atoms with E-state index in [4.69, 9.17) is 11.6 Å². The third-order valence-electron chi connectivity index (χ3n) is 5.84. The fourth-order valence-electron chi connectivity index (χ4n) is 4.23. The largest absolute Gasteiger partial charge is 0.351 e. The van der Waals surface area contributed by atoms with Crippen LogP contribution in [0.4, 0.5) is 5.69 Å². The first-order valence-electron chi connectivity index (χ1n) is 10.2. The van der Waals surface area contributed by atoms with Gasteiger partial charge < -0.3 is 5.32 Å². The second-order valence-electron chi connectivity index (χ2n) is 7.86. The van der Waals surface area contributed by atoms with Crippen LogP contribution in [-0.4, -0.2) is 23.4 Å². The average molecular weight is 409 g/mol. The highest BCUT2D eigenvalue weighted by molar-refractivity contribution is 6.30. The van der Waals surface area contributed by atoms with Crippen molar-refractivity contribution in [1.29, 1.82) is 0 Å². The number of carbonyl (C=O) groups is 2. The molecule has 1 unspecified atom stereocenters. The van der Waals surface area contributed by atoms with Gasteiger partial charge in [0.15, 0.2) is 5.54 Å². The maximum absolute atomic E-state index is 13.5. The minimum absolute atomic E-state index is 0.0659. The van der Waals surface area contributed by atoms with Crippen LogP contribution in [0.15, 0.2) is 60.7 Å². The number of benzene rings is 2. The highest BCUT2D eigenvalue weighted by Gasteiger charge is 2.55. The van der Waals surface area contributed by atoms with Crippen molar-refractivity contribution in [3.8, 4) is 0 Å². The molecule has 1 saturated carbocycles. The number of nitrogens with one attached hydrogen (secondary N) is 1. The number of hydrogen-bond donors (Lipinski definition) is 1. The Morgan fingerprint density at radius 2 is 1.72 bits per heavy atom. The number of anilines is 1. The molecule has 2 aliphatic rings. The molecule has 1 atom stereocenters. The molecule has 1 aliphatic carbocycles. The maximum atomic E-state index is 13.5. The molecular weight excluding hydrogens is 384 g/mol. The van der Waals surface area contributed by atoms with Crippen LogP contribution in [0.5, 0.6) is 0 Å². The molecule has 1 aliphatic heterocycles. The van der Waals surface area contributed by atoms with Crippen LogP contribution in [0, 0.1) is 0 Å². The standard InChI is InChI=1S/C24H25ClN2O2/c25-19-11-13-21(14-12-19)27-22(28)17-24(27,16-15-18-7-3-1-4-8-18)23(29)26-20-9-5-2-6-10-20/h1,3-4,7-8,11-16,20H,2,5-6,9-10,17H2,(H,26,29)/b16-15+. The number of hydrogen-bond acceptors (Lipinski definition) is 2. The number of halogens is 1. The molecule has 2 aromatic carbocycles. The molecule has 1 saturated heterocycles. The van der Waals surface area contributed by atoms with E-state index in [9.17, 15) is 9.59 Å². The zero-order valence-electron chi connectivity index (χ0n) is 16.3. The molecule has 2 amide bonds. The fraction of sp³-hybridized carbons (Fsp3) is 0.333. The van der Waals surface area contributed by atoms with E-state index in [1.165, 1.54) is 6.42 Å². The fourth-order valence-corrected chi connectivity index (χ4v) is 4.36. The Bertz CT molecular complexity index is 904. The number of β-lactam (4-membered cyclic amide) rings is 1. The van der Waals surface area contributed by atoms with E-state index in [0.717, 1.165) is 31.2 Å². The normalized spacial score (nSPS) is 22.5. The van der Waals surface area contributed by atoms with E-state index in [2.05, 4.69) is 5.32 Å². The molecule has 150 valence electrons. The van der Waals surface area contributed by atoms with E-state index < -0.39 is 5.54 Å². The summed E-state index contributed by atoms with van der Waals surface area (Å²) < 4.78 is 0. The molecule has 0 spiro atoms. The van der Waals surface area contributed by atoms with Gasteiger partial charge in [0.2, 0.25) is 5.91 Å². The Balaban J connectivity index is 1.66. The highest BCUT2D eigenvalue weighted by Crippen LogP contribution is 2.40. The van der Waals surface area contributed by atoms with Gasteiger partial charge in [0.25, 0.3) is 5.91 Å². The summed E-state index contributed by atoms with van der Waals surface area (Å²) >= 11 is 6.02. The molecule has 1 heterocycles. The number of carbonyl (C=O) groups excluding carboxylic acids is 2. The van der Waals surface area contributed by atoms with Crippen molar-refractivity contribution in [2.75, 3.05) is 4.90 Å². The number of amides is 2. The molecule has 2 fully saturated rings. The quantitative estimate of drug-likeness (QED) is 0.709. The van der Waals surface area contributed by atoms with Crippen molar-refractivity contribution in [3.63, 3.8) is 0 Å². The van der Waals surface area contributed by atoms with Gasteiger partial charge >= 0.3 is 0 Å². The van der Waals surface area contributed by atoms with Crippen LogP contribution in [-0.2, 0) is 9.59 Å². The van der Waals surface area contributed by atoms with Gasteiger partial charge in [-0.3, -0.25) is 14.5 Å². The molecule has 1 N–H and O–H groups in total. The van der Waals surface area contributed by atoms with E-state index in [-0.39, 0.29) is 24.3 Å². The first-order chi connectivity index (χ1) is 14.1. The molecule has 29 heavy (non-hydrogen) atoms. The van der Waals surface area contributed by atoms with Crippen LogP contribution < -0.4 is 10.2 Å². The minimum Gasteiger partial charge on any atom is -0.351 e. The lowest BCUT2D eigenvalue weighted by Crippen LogP contribution is -2.70. The Labute approximate surface area is 176 Å². The van der Waals surface area contributed by atoms with E-state index >= 15 is 0 Å². The van der Waals surface area contributed by atoms with Crippen molar-refractivity contribution in [3.05, 3.63) is 71.3 Å². The van der Waals surface area contributed by atoms with Gasteiger partial charge in [-0.2, -0.15) is 0 Å². The smallest absolute Gasteiger partial charge is 0.251 e. The Kier molecular flexibility index (Phi) is 5.72. The van der Waals surface area contributed by atoms with Crippen molar-refractivity contribution in [2.24, 2.45) is 0 Å². The van der Waals surface area contributed by atoms with E-state index in [1.807, 2.05) is 42.5 Å². The zero-order chi connectivity index (χ0) is 20.3. The van der Waals surface area contributed by atoms with Gasteiger partial charge in [0, 0.05) is 16.8 Å². The third kappa shape index (κ3) is 4.08. The summed E-state index contributed by atoms with van der Waals surface area (Å²) in [4.78, 5) is 27.7. The first-order valence-corrected chi connectivity index (χ1v) is 10.6. The Morgan fingerprint density at radius 3 is 2.38 bits per heavy atom. The van der Waals surface area contributed by atoms with Crippen LogP contribution in [0.25, 0.3) is 6.08 Å². The van der Waals surface area contributed by atoms with Crippen molar-refractivity contribution < 1.29 is 9.59 Å². The number of rotatable bonds is 5. The topological polar surface area (TPSA) is 49.4 Å². The van der Waals surface area contributed by atoms with Gasteiger partial charge in [0.1, 0.15) is 0 Å². The second-order valence-corrected chi connectivity index (χ2v) is 8.30. The zero-order valence-corrected chi connectivity index (χ0v) is 17.1. The van der Waals surface area contributed by atoms with E-state index in [1.54, 1.807) is 29.2 Å². The molecule has 0 radical (unpaired) electrons. The molecule has 4 nitrogen and oxygen atoms in total. The Hall–Kier alpha value is -2.59. The average Bonchev–Trinajstić information content (AvgIpc) is 2.74. The summed E-state index contributed by atoms with van der Waals surface area (Å²) in [6.45, 7) is 0. The minimum atomic E-state index is -1.02. The SMILES string of the molecule is O=C1CC(/C=C/c2ccccc2)(C(=O)NC2CCCCC2)N1c1ccc(Cl)cc1. The maximum Gasteiger partial charge on any atom is 0.251 e. The van der Waals surface area contributed by atoms with Crippen LogP contribution in [0.3, 0.4) is 0 Å². The van der Waals surface area contributed by atoms with Gasteiger partial charge in [-0.1, -0.05) is 67.3 Å². The van der Waals surface area contributed by atoms with Crippen molar-refractivity contribution in [2.45, 2.75) is 50.1 Å². The van der Waals surface area contributed by atoms with Gasteiger partial charge in [-0.05, 0) is 48.7 Å². The number of nitrogens with zero attached hydrogens (tertiary/aromatic N) is 1. The Morgan fingerprint density at radius 1 is 1.03 bits per heavy atom. The van der Waals surface area contributed by atoms with Crippen LogP contribution in [0.1, 0.15) is 44.1 Å². The molecule has 4 rings (SSSR count). The van der Waals surface area contributed by atoms with Gasteiger partial charge in [0.05, 0.1) is 6.42 Å². The summed E-state index contributed by atoms with van der Waals surface area (Å²) in [7, 11) is 0. The lowest BCUT2D eigenvalue weighted by molar-refractivity contribution is -0.137. The predicted molar refractivity (Wildman–Crippen MR) is 117 cm³/mol. The highest BCUT2D eigenvalue weighted by atomic mass is 35.5. The molecule has 5 heteroatoms. The lowest BCUT2D eigenvalue weighted by Gasteiger charge is -2.49. The summed E-state index contributed by atoms with van der Waals surface area (Å²) in [5.74, 6) is -0.171. The molecule has 2 aromatic rings. The third-order valence-corrected chi connectivity index (χ3v) is 6.09. The second kappa shape index (κ2) is 8.42. The van der Waals surface area contributed by atoms with Gasteiger partial charge in [-0.15, -0.1) is 0 Å². The summed E-state index contributed by atoms with van der Waals surface area (Å²) in [5.41, 5.74) is 0.660. The monoisotopic (exact) mass is 408 g/mol.